The zero-order valence-corrected chi connectivity index (χ0v) is 76.7. The van der Waals surface area contributed by atoms with Gasteiger partial charge < -0.3 is 119 Å². The van der Waals surface area contributed by atoms with Crippen molar-refractivity contribution in [2.24, 2.45) is 33.5 Å². The van der Waals surface area contributed by atoms with Gasteiger partial charge in [-0.1, -0.05) is 161 Å². The van der Waals surface area contributed by atoms with Crippen LogP contribution in [0.1, 0.15) is 173 Å². The predicted molar refractivity (Wildman–Crippen MR) is 473 cm³/mol. The third-order valence-electron chi connectivity index (χ3n) is 28.4. The fourth-order valence-corrected chi connectivity index (χ4v) is 21.0. The largest absolute Gasteiger partial charge is 0.456 e. The molecule has 6 fully saturated rings. The van der Waals surface area contributed by atoms with Crippen molar-refractivity contribution in [1.29, 1.82) is 0 Å². The highest BCUT2D eigenvalue weighted by Crippen LogP contribution is 2.67. The normalized spacial score (nSPS) is 30.9. The minimum Gasteiger partial charge on any atom is -0.456 e. The van der Waals surface area contributed by atoms with Gasteiger partial charge in [0.2, 0.25) is 0 Å². The molecular weight excluding hydrogens is 1770 g/mol. The van der Waals surface area contributed by atoms with Crippen molar-refractivity contribution in [3.63, 3.8) is 0 Å². The first-order chi connectivity index (χ1) is 64.1. The second kappa shape index (κ2) is 40.7. The molecule has 6 aliphatic carbocycles. The molecule has 14 rings (SSSR count). The highest BCUT2D eigenvalue weighted by atomic mass is 16.7. The summed E-state index contributed by atoms with van der Waals surface area (Å²) in [6.45, 7) is 15.2. The van der Waals surface area contributed by atoms with Crippen LogP contribution in [0.5, 0.6) is 0 Å². The van der Waals surface area contributed by atoms with Gasteiger partial charge in [0.15, 0.2) is 53.5 Å². The smallest absolute Gasteiger partial charge is 0.338 e. The minimum absolute atomic E-state index is 0.00289. The number of amides is 2. The fourth-order valence-electron chi connectivity index (χ4n) is 21.0. The second-order valence-corrected chi connectivity index (χ2v) is 37.1. The quantitative estimate of drug-likeness (QED) is 0.0166. The number of benzene rings is 6. The molecule has 13 N–H and O–H groups in total. The summed E-state index contributed by atoms with van der Waals surface area (Å²) >= 11 is 0. The van der Waals surface area contributed by atoms with E-state index in [1.54, 1.807) is 185 Å². The first kappa shape index (κ1) is 103. The molecule has 0 radical (unpaired) electrons. The van der Waals surface area contributed by atoms with Crippen LogP contribution in [0.15, 0.2) is 204 Å². The van der Waals surface area contributed by atoms with Gasteiger partial charge >= 0.3 is 47.8 Å². The number of hydrogen-bond donors (Lipinski definition) is 13. The van der Waals surface area contributed by atoms with Crippen LogP contribution < -0.4 is 10.6 Å². The first-order valence-electron chi connectivity index (χ1n) is 44.3. The summed E-state index contributed by atoms with van der Waals surface area (Å²) in [6, 6.07) is 45.9. The summed E-state index contributed by atoms with van der Waals surface area (Å²) in [7, 11) is 0. The number of hydrogen-bond acceptors (Lipinski definition) is 34. The zero-order valence-electron chi connectivity index (χ0n) is 76.7. The summed E-state index contributed by atoms with van der Waals surface area (Å²) in [5.74, 6) is -13.7. The van der Waals surface area contributed by atoms with Gasteiger partial charge in [0.1, 0.15) is 72.2 Å². The molecule has 36 nitrogen and oxygen atoms in total. The molecule has 6 aromatic carbocycles. The van der Waals surface area contributed by atoms with E-state index in [4.69, 9.17) is 72.9 Å². The lowest BCUT2D eigenvalue weighted by atomic mass is 9.44. The zero-order chi connectivity index (χ0) is 99.6. The highest BCUT2D eigenvalue weighted by Gasteiger charge is 2.81. The van der Waals surface area contributed by atoms with Crippen molar-refractivity contribution in [3.05, 3.63) is 238 Å². The molecule has 2 heterocycles. The number of ether oxygens (including phenoxy) is 10. The molecule has 728 valence electrons. The maximum absolute atomic E-state index is 15.5. The third-order valence-corrected chi connectivity index (χ3v) is 28.4. The fraction of sp³-hybridized carbons (Fsp3) is 0.470. The predicted octanol–water partition coefficient (Wildman–Crippen LogP) is 4.09. The highest BCUT2D eigenvalue weighted by molar-refractivity contribution is 5.99. The number of aldehydes is 1. The first-order valence-corrected chi connectivity index (χ1v) is 44.3. The van der Waals surface area contributed by atoms with E-state index in [-0.39, 0.29) is 76.9 Å². The van der Waals surface area contributed by atoms with Crippen molar-refractivity contribution in [2.45, 2.75) is 241 Å². The van der Waals surface area contributed by atoms with Crippen LogP contribution in [0.25, 0.3) is 0 Å². The second-order valence-electron chi connectivity index (χ2n) is 37.1. The average Bonchev–Trinajstić information content (AvgIpc) is 0.670. The van der Waals surface area contributed by atoms with Gasteiger partial charge in [-0.3, -0.25) is 38.4 Å². The van der Waals surface area contributed by atoms with Crippen molar-refractivity contribution in [1.82, 2.24) is 10.6 Å². The minimum atomic E-state index is -2.39. The number of esters is 8. The number of rotatable bonds is 25. The van der Waals surface area contributed by atoms with E-state index in [2.05, 4.69) is 10.6 Å². The summed E-state index contributed by atoms with van der Waals surface area (Å²) in [4.78, 5) is 177. The van der Waals surface area contributed by atoms with Gasteiger partial charge in [-0.25, -0.2) is 19.2 Å². The van der Waals surface area contributed by atoms with Gasteiger partial charge in [0, 0.05) is 75.3 Å². The van der Waals surface area contributed by atoms with Crippen LogP contribution in [0.4, 0.5) is 0 Å². The number of carbonyl (C=O) groups is 13. The number of aliphatic hydroxyl groups excluding tert-OH is 9. The average molecular weight is 1890 g/mol. The molecule has 8 aliphatic rings. The summed E-state index contributed by atoms with van der Waals surface area (Å²) < 4.78 is 60.5. The van der Waals surface area contributed by atoms with Crippen molar-refractivity contribution < 1.29 is 166 Å². The topological polar surface area (TPSA) is 561 Å². The number of ketones is 2. The van der Waals surface area contributed by atoms with Gasteiger partial charge in [0.25, 0.3) is 11.8 Å². The van der Waals surface area contributed by atoms with E-state index in [0.717, 1.165) is 27.7 Å². The lowest BCUT2D eigenvalue weighted by molar-refractivity contribution is -0.346. The number of nitrogens with one attached hydrogen (secondary N) is 2. The molecule has 4 saturated carbocycles. The Labute approximate surface area is 782 Å². The van der Waals surface area contributed by atoms with Crippen molar-refractivity contribution >= 4 is 77.4 Å². The Kier molecular flexibility index (Phi) is 30.8. The van der Waals surface area contributed by atoms with Gasteiger partial charge in [0.05, 0.1) is 77.9 Å². The summed E-state index contributed by atoms with van der Waals surface area (Å²) in [5.41, 5.74) is -14.0. The molecule has 136 heavy (non-hydrogen) atoms. The van der Waals surface area contributed by atoms with E-state index in [9.17, 15) is 83.4 Å². The number of carbonyl (C=O) groups excluding carboxylic acids is 13. The van der Waals surface area contributed by atoms with E-state index in [1.165, 1.54) is 52.0 Å². The van der Waals surface area contributed by atoms with Gasteiger partial charge in [-0.05, 0) is 110 Å². The number of aliphatic hydroxyl groups is 11. The van der Waals surface area contributed by atoms with Crippen LogP contribution >= 0.6 is 0 Å². The van der Waals surface area contributed by atoms with Crippen molar-refractivity contribution in [2.75, 3.05) is 19.8 Å². The molecular formula is C100H114N2O34. The molecule has 2 amide bonds. The van der Waals surface area contributed by atoms with E-state index in [0.29, 0.717) is 11.1 Å². The number of Topliss-reactive ketones (excluding diaryl/α,β-unsaturated/α-hetero) is 2. The van der Waals surface area contributed by atoms with Gasteiger partial charge in [-0.2, -0.15) is 0 Å². The summed E-state index contributed by atoms with van der Waals surface area (Å²) in [6.07, 6.45) is -27.9. The van der Waals surface area contributed by atoms with E-state index < -0.39 is 256 Å². The van der Waals surface area contributed by atoms with Crippen LogP contribution in [0, 0.1) is 33.5 Å². The van der Waals surface area contributed by atoms with E-state index >= 15 is 9.59 Å². The van der Waals surface area contributed by atoms with Crippen molar-refractivity contribution in [3.8, 4) is 0 Å². The van der Waals surface area contributed by atoms with Gasteiger partial charge in [-0.15, -0.1) is 0 Å². The van der Waals surface area contributed by atoms with Crippen LogP contribution in [0.2, 0.25) is 0 Å². The maximum Gasteiger partial charge on any atom is 0.338 e. The van der Waals surface area contributed by atoms with Crippen LogP contribution in [-0.4, -0.2) is 273 Å². The Morgan fingerprint density at radius 1 is 0.441 bits per heavy atom. The summed E-state index contributed by atoms with van der Waals surface area (Å²) in [5, 5.41) is 124. The number of fused-ring (bicyclic) bond motifs is 10. The molecule has 36 heteroatoms. The monoisotopic (exact) mass is 1890 g/mol. The molecule has 0 unspecified atom stereocenters. The van der Waals surface area contributed by atoms with Crippen LogP contribution in [-0.2, 0) is 90.5 Å². The molecule has 0 aromatic heterocycles. The molecule has 2 aliphatic heterocycles. The maximum atomic E-state index is 15.5. The third kappa shape index (κ3) is 19.1. The molecule has 4 bridgehead atoms. The Morgan fingerprint density at radius 3 is 1.03 bits per heavy atom. The molecule has 6 aromatic rings. The Balaban J connectivity index is 0.000000218. The SMILES string of the molecule is CC(=O)O[C@H]1C(=O)[C@@]2(C)[C@H]([C@H](OC(=O)c3ccccc3)[C@]3(O)C[C@H](OC(=O)[C@H](O)[C@@H](NC(=O)c4ccccc4)c4ccccc4)C(C)=C1C3(C)C)[C@]1(OC(C)=O)CO[C@@H]1C[C@@H]2O.CC(=O)O[C@H]1C(=O)[C@@]2(C)[C@H]([C@H](OC(=O)c3ccccc3)[C@]3(O)C[C@H](OC(=O)[C@H](O)[C@@H](NC(=O)c4ccccc4)c4ccccc4)C(C)=C1C3(C)C)[C@]1(OC(C)=O)CO[C@@H]1C[C@@H]2O.O=C[C@H](O)[C@@H](O)[C@H](O)[C@H](O)CO. The molecule has 26 atom stereocenters. The lowest BCUT2D eigenvalue weighted by Gasteiger charge is -2.67. The molecule has 0 spiro atoms. The standard InChI is InChI=1S/2C47H51NO14.C6H12O6/c2*1-25-31(60-43(56)36(52)35(28-16-10-7-11-17-28)48-41(54)29-18-12-8-13-19-29)23-47(57)40(61-42(55)30-20-14-9-15-21-30)38-45(6,32(51)22-33-46(38,24-58-33)62-27(3)50)39(53)37(59-26(2)49)34(25)44(47,4)5;7-1-3(9)5(11)6(12)4(10)2-8/h2*7-21,31-33,35-38,40,51-52,57H,22-24H2,1-6H3,(H,48,54);1,3-6,8-12H,2H2/t2*31-,32-,33+,35-,36+,37+,38-,40-,45+,46-,47+;3-,4+,5+,6+/m000/s1. The Hall–Kier alpha value is -12.0. The Bertz CT molecular complexity index is 5210. The molecule has 2 saturated heterocycles. The Morgan fingerprint density at radius 2 is 0.750 bits per heavy atom. The lowest BCUT2D eigenvalue weighted by Crippen LogP contribution is -2.82. The van der Waals surface area contributed by atoms with Crippen LogP contribution in [0.3, 0.4) is 0 Å². The van der Waals surface area contributed by atoms with E-state index in [1.807, 2.05) is 0 Å².